The molecule has 132 valence electrons. The number of hydrogen-bond acceptors (Lipinski definition) is 6. The number of aliphatic carboxylic acids is 1. The summed E-state index contributed by atoms with van der Waals surface area (Å²) in [6, 6.07) is -2.61. The molecule has 10 heteroatoms. The molecule has 0 spiro atoms. The second-order valence-corrected chi connectivity index (χ2v) is 6.02. The van der Waals surface area contributed by atoms with Crippen LogP contribution < -0.4 is 11.1 Å². The van der Waals surface area contributed by atoms with Crippen LogP contribution in [0.3, 0.4) is 0 Å². The predicted molar refractivity (Wildman–Crippen MR) is 88.4 cm³/mol. The fourth-order valence-corrected chi connectivity index (χ4v) is 2.93. The topological polar surface area (TPSA) is 141 Å². The summed E-state index contributed by atoms with van der Waals surface area (Å²) < 4.78 is 0. The van der Waals surface area contributed by atoms with Crippen LogP contribution in [-0.4, -0.2) is 68.2 Å². The third-order valence-corrected chi connectivity index (χ3v) is 4.31. The number of aromatic amines is 1. The Balaban J connectivity index is 1.96. The number of aromatic nitrogens is 2. The molecule has 0 radical (unpaired) electrons. The summed E-state index contributed by atoms with van der Waals surface area (Å²) in [5.74, 6) is -1.93. The van der Waals surface area contributed by atoms with Gasteiger partial charge < -0.3 is 26.0 Å². The number of carbonyl (C=O) groups excluding carboxylic acids is 2. The fourth-order valence-electron chi connectivity index (χ4n) is 2.68. The molecule has 1 aromatic rings. The number of likely N-dealkylation sites (tertiary alicyclic amines) is 1. The molecule has 2 heterocycles. The van der Waals surface area contributed by atoms with Crippen LogP contribution in [0.25, 0.3) is 0 Å². The van der Waals surface area contributed by atoms with E-state index in [9.17, 15) is 19.5 Å². The number of imidazole rings is 1. The summed E-state index contributed by atoms with van der Waals surface area (Å²) >= 11 is 4.09. The number of carbonyl (C=O) groups is 3. The van der Waals surface area contributed by atoms with Crippen molar-refractivity contribution in [2.45, 2.75) is 37.4 Å². The molecule has 24 heavy (non-hydrogen) atoms. The molecule has 0 saturated carbocycles. The van der Waals surface area contributed by atoms with Crippen LogP contribution in [0.4, 0.5) is 0 Å². The van der Waals surface area contributed by atoms with Gasteiger partial charge in [-0.25, -0.2) is 9.78 Å². The highest BCUT2D eigenvalue weighted by Crippen LogP contribution is 2.18. The molecule has 1 saturated heterocycles. The van der Waals surface area contributed by atoms with Crippen LogP contribution in [0, 0.1) is 0 Å². The molecule has 0 aromatic carbocycles. The van der Waals surface area contributed by atoms with Crippen molar-refractivity contribution in [3.63, 3.8) is 0 Å². The van der Waals surface area contributed by atoms with Crippen molar-refractivity contribution in [1.82, 2.24) is 20.2 Å². The number of rotatable bonds is 7. The number of carboxylic acids is 1. The summed E-state index contributed by atoms with van der Waals surface area (Å²) in [6.45, 7) is 0.357. The number of hydrogen-bond donors (Lipinski definition) is 5. The molecular formula is C14H21N5O4S. The predicted octanol–water partition coefficient (Wildman–Crippen LogP) is -1.23. The van der Waals surface area contributed by atoms with Gasteiger partial charge in [0.15, 0.2) is 0 Å². The Bertz CT molecular complexity index is 594. The van der Waals surface area contributed by atoms with Crippen LogP contribution in [0.5, 0.6) is 0 Å². The monoisotopic (exact) mass is 355 g/mol. The molecule has 1 aliphatic rings. The van der Waals surface area contributed by atoms with E-state index in [4.69, 9.17) is 5.73 Å². The number of nitrogens with one attached hydrogen (secondary N) is 2. The van der Waals surface area contributed by atoms with Gasteiger partial charge in [0.25, 0.3) is 0 Å². The van der Waals surface area contributed by atoms with Gasteiger partial charge in [-0.05, 0) is 12.8 Å². The van der Waals surface area contributed by atoms with Gasteiger partial charge in [0.1, 0.15) is 12.1 Å². The van der Waals surface area contributed by atoms with Crippen molar-refractivity contribution in [3.05, 3.63) is 18.2 Å². The molecule has 1 aliphatic heterocycles. The van der Waals surface area contributed by atoms with E-state index in [0.717, 1.165) is 0 Å². The first-order valence-corrected chi connectivity index (χ1v) is 8.24. The first-order chi connectivity index (χ1) is 11.4. The summed E-state index contributed by atoms with van der Waals surface area (Å²) in [4.78, 5) is 43.9. The Morgan fingerprint density at radius 3 is 2.88 bits per heavy atom. The Kier molecular flexibility index (Phi) is 6.21. The van der Waals surface area contributed by atoms with Crippen LogP contribution in [0.2, 0.25) is 0 Å². The van der Waals surface area contributed by atoms with Gasteiger partial charge in [-0.1, -0.05) is 0 Å². The lowest BCUT2D eigenvalue weighted by molar-refractivity contribution is -0.149. The molecule has 1 aromatic heterocycles. The maximum atomic E-state index is 12.5. The molecule has 0 aliphatic carbocycles. The van der Waals surface area contributed by atoms with E-state index in [1.165, 1.54) is 11.2 Å². The van der Waals surface area contributed by atoms with E-state index in [0.29, 0.717) is 25.1 Å². The summed E-state index contributed by atoms with van der Waals surface area (Å²) in [5.41, 5.74) is 6.54. The van der Waals surface area contributed by atoms with Crippen LogP contribution in [0.1, 0.15) is 18.5 Å². The highest BCUT2D eigenvalue weighted by molar-refractivity contribution is 7.80. The maximum Gasteiger partial charge on any atom is 0.326 e. The normalized spacial score (nSPS) is 19.8. The summed E-state index contributed by atoms with van der Waals surface area (Å²) in [6.07, 6.45) is 4.33. The van der Waals surface area contributed by atoms with Gasteiger partial charge in [-0.3, -0.25) is 9.59 Å². The third-order valence-electron chi connectivity index (χ3n) is 3.95. The first-order valence-electron chi connectivity index (χ1n) is 7.61. The van der Waals surface area contributed by atoms with E-state index in [1.807, 2.05) is 0 Å². The van der Waals surface area contributed by atoms with Gasteiger partial charge >= 0.3 is 5.97 Å². The zero-order valence-electron chi connectivity index (χ0n) is 13.0. The summed E-state index contributed by atoms with van der Waals surface area (Å²) in [7, 11) is 0. The molecule has 9 nitrogen and oxygen atoms in total. The average molecular weight is 355 g/mol. The Hall–Kier alpha value is -2.07. The number of nitrogens with two attached hydrogens (primary N) is 1. The molecule has 0 bridgehead atoms. The zero-order valence-corrected chi connectivity index (χ0v) is 13.9. The minimum absolute atomic E-state index is 0.0597. The van der Waals surface area contributed by atoms with Crippen molar-refractivity contribution in [2.75, 3.05) is 12.3 Å². The van der Waals surface area contributed by atoms with E-state index in [2.05, 4.69) is 27.9 Å². The standard InChI is InChI=1S/C14H21N5O4S/c15-9(4-8-5-16-7-17-8)12(20)18-10(6-24)13(21)19-3-1-2-11(19)14(22)23/h5,7,9-11,24H,1-4,6,15H2,(H,16,17)(H,18,20)(H,22,23)/t9-,10-,11+/m0/s1. The molecule has 1 fully saturated rings. The van der Waals surface area contributed by atoms with Crippen molar-refractivity contribution >= 4 is 30.4 Å². The molecule has 0 unspecified atom stereocenters. The second-order valence-electron chi connectivity index (χ2n) is 5.66. The van der Waals surface area contributed by atoms with Gasteiger partial charge in [0, 0.05) is 30.6 Å². The number of carboxylic acid groups (broad SMARTS) is 1. The molecule has 2 rings (SSSR count). The van der Waals surface area contributed by atoms with Crippen LogP contribution >= 0.6 is 12.6 Å². The average Bonchev–Trinajstić information content (AvgIpc) is 3.22. The van der Waals surface area contributed by atoms with Crippen LogP contribution in [-0.2, 0) is 20.8 Å². The molecule has 5 N–H and O–H groups in total. The number of thiol groups is 1. The molecular weight excluding hydrogens is 334 g/mol. The van der Waals surface area contributed by atoms with E-state index in [1.54, 1.807) is 6.20 Å². The third kappa shape index (κ3) is 4.26. The quantitative estimate of drug-likeness (QED) is 0.388. The van der Waals surface area contributed by atoms with Crippen molar-refractivity contribution in [1.29, 1.82) is 0 Å². The summed E-state index contributed by atoms with van der Waals surface area (Å²) in [5, 5.41) is 11.7. The Labute approximate surface area is 144 Å². The van der Waals surface area contributed by atoms with Crippen LogP contribution in [0.15, 0.2) is 12.5 Å². The van der Waals surface area contributed by atoms with Gasteiger partial charge in [-0.2, -0.15) is 12.6 Å². The SMILES string of the molecule is N[C@@H](Cc1cnc[nH]1)C(=O)N[C@@H](CS)C(=O)N1CCC[C@@H]1C(=O)O. The van der Waals surface area contributed by atoms with Crippen molar-refractivity contribution in [3.8, 4) is 0 Å². The largest absolute Gasteiger partial charge is 0.480 e. The lowest BCUT2D eigenvalue weighted by atomic mass is 10.1. The highest BCUT2D eigenvalue weighted by Gasteiger charge is 2.37. The lowest BCUT2D eigenvalue weighted by Crippen LogP contribution is -2.55. The maximum absolute atomic E-state index is 12.5. The number of nitrogens with zero attached hydrogens (tertiary/aromatic N) is 2. The fraction of sp³-hybridized carbons (Fsp3) is 0.571. The Morgan fingerprint density at radius 2 is 2.29 bits per heavy atom. The number of H-pyrrole nitrogens is 1. The second kappa shape index (κ2) is 8.15. The first kappa shape index (κ1) is 18.3. The Morgan fingerprint density at radius 1 is 1.54 bits per heavy atom. The van der Waals surface area contributed by atoms with Gasteiger partial charge in [0.05, 0.1) is 12.4 Å². The van der Waals surface area contributed by atoms with E-state index in [-0.39, 0.29) is 12.2 Å². The van der Waals surface area contributed by atoms with Gasteiger partial charge in [-0.15, -0.1) is 0 Å². The van der Waals surface area contributed by atoms with Crippen molar-refractivity contribution in [2.24, 2.45) is 5.73 Å². The van der Waals surface area contributed by atoms with Gasteiger partial charge in [0.2, 0.25) is 11.8 Å². The molecule has 2 amide bonds. The minimum Gasteiger partial charge on any atom is -0.480 e. The number of amides is 2. The minimum atomic E-state index is -1.04. The van der Waals surface area contributed by atoms with Crippen molar-refractivity contribution < 1.29 is 19.5 Å². The smallest absolute Gasteiger partial charge is 0.326 e. The zero-order chi connectivity index (χ0) is 17.7. The van der Waals surface area contributed by atoms with E-state index >= 15 is 0 Å². The molecule has 3 atom stereocenters. The van der Waals surface area contributed by atoms with E-state index < -0.39 is 35.9 Å². The highest BCUT2D eigenvalue weighted by atomic mass is 32.1. The lowest BCUT2D eigenvalue weighted by Gasteiger charge is -2.27.